The molecule has 3 nitrogen and oxygen atoms in total. The highest BCUT2D eigenvalue weighted by Crippen LogP contribution is 2.24. The van der Waals surface area contributed by atoms with Gasteiger partial charge in [0, 0.05) is 31.1 Å². The summed E-state index contributed by atoms with van der Waals surface area (Å²) in [6.07, 6.45) is 3.45. The molecule has 110 valence electrons. The van der Waals surface area contributed by atoms with Gasteiger partial charge < -0.3 is 4.90 Å². The van der Waals surface area contributed by atoms with Crippen LogP contribution in [0.2, 0.25) is 0 Å². The molecule has 0 aliphatic carbocycles. The molecule has 6 heteroatoms. The first-order valence-corrected chi connectivity index (χ1v) is 7.65. The monoisotopic (exact) mass is 308 g/mol. The van der Waals surface area contributed by atoms with E-state index in [-0.39, 0.29) is 5.56 Å². The van der Waals surface area contributed by atoms with Gasteiger partial charge in [0.2, 0.25) is 0 Å². The molecule has 0 unspecified atom stereocenters. The van der Waals surface area contributed by atoms with Crippen molar-refractivity contribution in [2.75, 3.05) is 13.1 Å². The van der Waals surface area contributed by atoms with Gasteiger partial charge in [0.15, 0.2) is 11.6 Å². The topological polar surface area (TPSA) is 33.2 Å². The second-order valence-electron chi connectivity index (χ2n) is 5.14. The normalized spacial score (nSPS) is 18.2. The van der Waals surface area contributed by atoms with Crippen molar-refractivity contribution in [2.24, 2.45) is 5.92 Å². The lowest BCUT2D eigenvalue weighted by Gasteiger charge is -2.17. The van der Waals surface area contributed by atoms with Crippen LogP contribution in [0.3, 0.4) is 0 Å². The fourth-order valence-corrected chi connectivity index (χ4v) is 3.36. The van der Waals surface area contributed by atoms with E-state index in [1.807, 2.05) is 5.38 Å². The van der Waals surface area contributed by atoms with Gasteiger partial charge in [-0.05, 0) is 24.5 Å². The van der Waals surface area contributed by atoms with Crippen LogP contribution in [0.1, 0.15) is 21.8 Å². The van der Waals surface area contributed by atoms with Gasteiger partial charge in [-0.2, -0.15) is 0 Å². The average Bonchev–Trinajstić information content (AvgIpc) is 3.13. The van der Waals surface area contributed by atoms with Crippen LogP contribution in [-0.4, -0.2) is 28.9 Å². The molecule has 2 aromatic rings. The number of halogens is 2. The molecule has 0 radical (unpaired) electrons. The maximum atomic E-state index is 13.7. The van der Waals surface area contributed by atoms with Crippen LogP contribution in [0.5, 0.6) is 0 Å². The predicted molar refractivity (Wildman–Crippen MR) is 76.2 cm³/mol. The lowest BCUT2D eigenvalue weighted by atomic mass is 10.1. The number of hydrogen-bond donors (Lipinski definition) is 0. The molecule has 1 amide bonds. The van der Waals surface area contributed by atoms with E-state index in [1.54, 1.807) is 22.4 Å². The second kappa shape index (κ2) is 5.89. The predicted octanol–water partition coefficient (Wildman–Crippen LogP) is 3.13. The lowest BCUT2D eigenvalue weighted by molar-refractivity contribution is 0.0781. The number of aromatic nitrogens is 1. The third-order valence-electron chi connectivity index (χ3n) is 3.70. The van der Waals surface area contributed by atoms with E-state index in [9.17, 15) is 13.6 Å². The number of carbonyl (C=O) groups is 1. The van der Waals surface area contributed by atoms with Crippen LogP contribution in [0.4, 0.5) is 8.78 Å². The Hall–Kier alpha value is -1.82. The van der Waals surface area contributed by atoms with Crippen LogP contribution in [-0.2, 0) is 6.42 Å². The Labute approximate surface area is 125 Å². The molecule has 0 bridgehead atoms. The first-order chi connectivity index (χ1) is 10.1. The molecule has 1 aromatic carbocycles. The summed E-state index contributed by atoms with van der Waals surface area (Å²) >= 11 is 1.60. The van der Waals surface area contributed by atoms with Crippen LogP contribution >= 0.6 is 11.3 Å². The van der Waals surface area contributed by atoms with Crippen molar-refractivity contribution in [1.82, 2.24) is 9.88 Å². The summed E-state index contributed by atoms with van der Waals surface area (Å²) in [7, 11) is 0. The zero-order valence-corrected chi connectivity index (χ0v) is 12.1. The van der Waals surface area contributed by atoms with E-state index >= 15 is 0 Å². The van der Waals surface area contributed by atoms with Gasteiger partial charge in [0.1, 0.15) is 0 Å². The van der Waals surface area contributed by atoms with Crippen molar-refractivity contribution in [3.8, 4) is 0 Å². The second-order valence-corrected chi connectivity index (χ2v) is 6.12. The highest BCUT2D eigenvalue weighted by Gasteiger charge is 2.29. The third kappa shape index (κ3) is 2.95. The minimum atomic E-state index is -1.06. The Kier molecular flexibility index (Phi) is 3.96. The summed E-state index contributed by atoms with van der Waals surface area (Å²) in [4.78, 5) is 18.1. The highest BCUT2D eigenvalue weighted by molar-refractivity contribution is 7.09. The van der Waals surface area contributed by atoms with Crippen molar-refractivity contribution in [1.29, 1.82) is 0 Å². The molecular weight excluding hydrogens is 294 g/mol. The summed E-state index contributed by atoms with van der Waals surface area (Å²) in [6, 6.07) is 3.70. The van der Waals surface area contributed by atoms with Gasteiger partial charge >= 0.3 is 0 Å². The summed E-state index contributed by atoms with van der Waals surface area (Å²) in [6.45, 7) is 1.14. The molecular formula is C15H14F2N2OS. The van der Waals surface area contributed by atoms with E-state index in [0.717, 1.165) is 23.9 Å². The lowest BCUT2D eigenvalue weighted by Crippen LogP contribution is -2.29. The standard InChI is InChI=1S/C15H14F2N2OS/c16-12-3-1-2-11(14(12)17)15(20)19-6-4-10(9-19)8-13-18-5-7-21-13/h1-3,5,7,10H,4,6,8-9H2/t10-/m1/s1. The van der Waals surface area contributed by atoms with E-state index in [0.29, 0.717) is 19.0 Å². The quantitative estimate of drug-likeness (QED) is 0.873. The van der Waals surface area contributed by atoms with Gasteiger partial charge in [-0.25, -0.2) is 13.8 Å². The molecule has 1 fully saturated rings. The molecule has 3 rings (SSSR count). The Bertz CT molecular complexity index is 645. The SMILES string of the molecule is O=C(c1cccc(F)c1F)N1CC[C@H](Cc2nccs2)C1. The first kappa shape index (κ1) is 14.1. The largest absolute Gasteiger partial charge is 0.338 e. The number of hydrogen-bond acceptors (Lipinski definition) is 3. The maximum absolute atomic E-state index is 13.7. The van der Waals surface area contributed by atoms with E-state index in [2.05, 4.69) is 4.98 Å². The van der Waals surface area contributed by atoms with Gasteiger partial charge in [-0.1, -0.05) is 6.07 Å². The number of rotatable bonds is 3. The van der Waals surface area contributed by atoms with Crippen LogP contribution < -0.4 is 0 Å². The fourth-order valence-electron chi connectivity index (χ4n) is 2.62. The summed E-state index contributed by atoms with van der Waals surface area (Å²) < 4.78 is 26.9. The average molecular weight is 308 g/mol. The summed E-state index contributed by atoms with van der Waals surface area (Å²) in [5.74, 6) is -2.16. The number of likely N-dealkylation sites (tertiary alicyclic amines) is 1. The molecule has 21 heavy (non-hydrogen) atoms. The Balaban J connectivity index is 1.68. The maximum Gasteiger partial charge on any atom is 0.256 e. The third-order valence-corrected chi connectivity index (χ3v) is 4.50. The molecule has 0 N–H and O–H groups in total. The van der Waals surface area contributed by atoms with Crippen molar-refractivity contribution in [3.05, 3.63) is 52.0 Å². The van der Waals surface area contributed by atoms with Crippen molar-refractivity contribution in [3.63, 3.8) is 0 Å². The number of thiazole rings is 1. The van der Waals surface area contributed by atoms with Crippen LogP contribution in [0.25, 0.3) is 0 Å². The Morgan fingerprint density at radius 3 is 3.05 bits per heavy atom. The van der Waals surface area contributed by atoms with Crippen molar-refractivity contribution in [2.45, 2.75) is 12.8 Å². The van der Waals surface area contributed by atoms with Gasteiger partial charge in [0.05, 0.1) is 10.6 Å². The molecule has 1 aliphatic rings. The minimum absolute atomic E-state index is 0.190. The number of nitrogens with zero attached hydrogens (tertiary/aromatic N) is 2. The Morgan fingerprint density at radius 2 is 2.29 bits per heavy atom. The van der Waals surface area contributed by atoms with Gasteiger partial charge in [-0.15, -0.1) is 11.3 Å². The van der Waals surface area contributed by atoms with Gasteiger partial charge in [0.25, 0.3) is 5.91 Å². The zero-order valence-electron chi connectivity index (χ0n) is 11.3. The molecule has 2 heterocycles. The molecule has 1 atom stereocenters. The minimum Gasteiger partial charge on any atom is -0.338 e. The van der Waals surface area contributed by atoms with Crippen LogP contribution in [0.15, 0.2) is 29.8 Å². The smallest absolute Gasteiger partial charge is 0.256 e. The van der Waals surface area contributed by atoms with Gasteiger partial charge in [-0.3, -0.25) is 4.79 Å². The van der Waals surface area contributed by atoms with Crippen molar-refractivity contribution < 1.29 is 13.6 Å². The zero-order chi connectivity index (χ0) is 14.8. The molecule has 1 aliphatic heterocycles. The number of amides is 1. The molecule has 1 saturated heterocycles. The molecule has 1 aromatic heterocycles. The number of carbonyl (C=O) groups excluding carboxylic acids is 1. The first-order valence-electron chi connectivity index (χ1n) is 6.77. The number of benzene rings is 1. The van der Waals surface area contributed by atoms with E-state index < -0.39 is 17.5 Å². The van der Waals surface area contributed by atoms with Crippen molar-refractivity contribution >= 4 is 17.2 Å². The summed E-state index contributed by atoms with van der Waals surface area (Å²) in [5, 5.41) is 2.97. The summed E-state index contributed by atoms with van der Waals surface area (Å²) in [5.41, 5.74) is -0.190. The van der Waals surface area contributed by atoms with E-state index in [1.165, 1.54) is 12.1 Å². The van der Waals surface area contributed by atoms with Crippen LogP contribution in [0, 0.1) is 17.6 Å². The van der Waals surface area contributed by atoms with E-state index in [4.69, 9.17) is 0 Å². The highest BCUT2D eigenvalue weighted by atomic mass is 32.1. The fraction of sp³-hybridized carbons (Fsp3) is 0.333. The molecule has 0 saturated carbocycles. The Morgan fingerprint density at radius 1 is 1.43 bits per heavy atom. The molecule has 0 spiro atoms.